The van der Waals surface area contributed by atoms with Crippen molar-refractivity contribution in [1.29, 1.82) is 0 Å². The molecule has 6 heteroatoms. The smallest absolute Gasteiger partial charge is 0.272 e. The van der Waals surface area contributed by atoms with E-state index in [0.717, 1.165) is 73.8 Å². The van der Waals surface area contributed by atoms with E-state index in [-0.39, 0.29) is 12.0 Å². The first-order chi connectivity index (χ1) is 13.8. The molecule has 1 aromatic carbocycles. The maximum absolute atomic E-state index is 8.06. The normalized spacial score (nSPS) is 25.2. The Kier molecular flexibility index (Phi) is 4.40. The van der Waals surface area contributed by atoms with E-state index in [1.807, 2.05) is 6.20 Å². The van der Waals surface area contributed by atoms with Crippen LogP contribution in [0.15, 0.2) is 29.4 Å². The second-order valence-electron chi connectivity index (χ2n) is 8.13. The fourth-order valence-electron chi connectivity index (χ4n) is 4.92. The number of aryl methyl sites for hydroxylation is 1. The number of rotatable bonds is 2. The number of aliphatic imine (C=N–C) groups is 1. The second-order valence-corrected chi connectivity index (χ2v) is 8.13. The van der Waals surface area contributed by atoms with Crippen molar-refractivity contribution < 1.29 is 4.74 Å². The van der Waals surface area contributed by atoms with Gasteiger partial charge in [-0.15, -0.1) is 0 Å². The summed E-state index contributed by atoms with van der Waals surface area (Å²) >= 11 is 0. The van der Waals surface area contributed by atoms with Crippen molar-refractivity contribution in [3.05, 3.63) is 52.5 Å². The number of nitrogens with one attached hydrogen (secondary N) is 1. The topological polar surface area (TPSA) is 57.9 Å². The molecule has 1 saturated heterocycles. The van der Waals surface area contributed by atoms with Gasteiger partial charge in [0.2, 0.25) is 0 Å². The van der Waals surface area contributed by atoms with Gasteiger partial charge < -0.3 is 14.5 Å². The van der Waals surface area contributed by atoms with Crippen molar-refractivity contribution >= 4 is 11.5 Å². The monoisotopic (exact) mass is 375 g/mol. The fraction of sp³-hybridized carbons (Fsp3) is 0.500. The quantitative estimate of drug-likeness (QED) is 0.816. The van der Waals surface area contributed by atoms with Crippen LogP contribution in [-0.4, -0.2) is 53.6 Å². The molecule has 28 heavy (non-hydrogen) atoms. The third-order valence-corrected chi connectivity index (χ3v) is 6.42. The molecule has 0 radical (unpaired) electrons. The number of benzene rings is 1. The first-order valence-corrected chi connectivity index (χ1v) is 10.2. The van der Waals surface area contributed by atoms with Crippen LogP contribution in [0.5, 0.6) is 5.75 Å². The predicted octanol–water partition coefficient (Wildman–Crippen LogP) is 3.58. The minimum Gasteiger partial charge on any atom is -0.493 e. The predicted molar refractivity (Wildman–Crippen MR) is 108 cm³/mol. The molecule has 0 spiro atoms. The molecule has 0 aliphatic carbocycles. The molecule has 6 nitrogen and oxygen atoms in total. The summed E-state index contributed by atoms with van der Waals surface area (Å²) in [5.41, 5.74) is 4.40. The molecule has 0 saturated carbocycles. The van der Waals surface area contributed by atoms with Crippen molar-refractivity contribution in [1.82, 2.24) is 15.1 Å². The van der Waals surface area contributed by atoms with Gasteiger partial charge in [-0.05, 0) is 51.4 Å². The molecule has 3 aliphatic heterocycles. The van der Waals surface area contributed by atoms with Crippen LogP contribution in [0.4, 0.5) is 5.82 Å². The summed E-state index contributed by atoms with van der Waals surface area (Å²) in [5, 5.41) is 7.34. The number of piperidine rings is 1. The first kappa shape index (κ1) is 17.4. The lowest BCUT2D eigenvalue weighted by Gasteiger charge is -2.34. The highest BCUT2D eigenvalue weighted by Crippen LogP contribution is 2.46. The number of hydrogen-bond donors (Lipinski definition) is 1. The number of hydrogen-bond acceptors (Lipinski definition) is 4. The van der Waals surface area contributed by atoms with Gasteiger partial charge in [0.05, 0.1) is 18.7 Å². The van der Waals surface area contributed by atoms with Gasteiger partial charge in [-0.1, -0.05) is 18.2 Å². The molecule has 5 rings (SSSR count). The summed E-state index contributed by atoms with van der Waals surface area (Å²) < 4.78 is 6.11. The fourth-order valence-corrected chi connectivity index (χ4v) is 4.92. The van der Waals surface area contributed by atoms with E-state index in [9.17, 15) is 0 Å². The van der Waals surface area contributed by atoms with Gasteiger partial charge in [-0.3, -0.25) is 5.10 Å². The summed E-state index contributed by atoms with van der Waals surface area (Å²) in [6.45, 7) is 10.9. The zero-order valence-corrected chi connectivity index (χ0v) is 16.2. The van der Waals surface area contributed by atoms with E-state index in [0.29, 0.717) is 5.92 Å². The zero-order valence-electron chi connectivity index (χ0n) is 16.2. The van der Waals surface area contributed by atoms with Crippen molar-refractivity contribution in [3.8, 4) is 5.75 Å². The number of ether oxygens (including phenoxy) is 1. The third-order valence-electron chi connectivity index (χ3n) is 6.42. The van der Waals surface area contributed by atoms with Crippen LogP contribution >= 0.6 is 0 Å². The Morgan fingerprint density at radius 2 is 2.11 bits per heavy atom. The molecule has 3 aliphatic rings. The minimum absolute atomic E-state index is 0.0774. The molecule has 4 heterocycles. The van der Waals surface area contributed by atoms with E-state index >= 15 is 0 Å². The lowest BCUT2D eigenvalue weighted by Crippen LogP contribution is -2.40. The molecule has 0 amide bonds. The highest BCUT2D eigenvalue weighted by atomic mass is 16.5. The molecule has 1 fully saturated rings. The molecule has 2 atom stereocenters. The Morgan fingerprint density at radius 3 is 2.93 bits per heavy atom. The van der Waals surface area contributed by atoms with Gasteiger partial charge in [0.15, 0.2) is 5.82 Å². The standard InChI is InChI=1S/C22H25N5O/c1-23-20-18(16-7-3-5-15-6-4-12-28-21(15)16)17-13-24-26-22(17)25-19(20)14-8-10-27(2)11-9-14/h3,5,7,13-14,18,20H,4,6,8-12H2,2H3,(H,24,26). The van der Waals surface area contributed by atoms with Crippen LogP contribution in [-0.2, 0) is 6.42 Å². The maximum Gasteiger partial charge on any atom is 0.272 e. The zero-order chi connectivity index (χ0) is 19.1. The molecular weight excluding hydrogens is 350 g/mol. The summed E-state index contributed by atoms with van der Waals surface area (Å²) in [6, 6.07) is 6.08. The van der Waals surface area contributed by atoms with Crippen molar-refractivity contribution in [3.63, 3.8) is 0 Å². The van der Waals surface area contributed by atoms with Crippen LogP contribution in [0.2, 0.25) is 0 Å². The van der Waals surface area contributed by atoms with Crippen molar-refractivity contribution in [2.24, 2.45) is 10.9 Å². The van der Waals surface area contributed by atoms with Gasteiger partial charge in [0.25, 0.3) is 6.04 Å². The second kappa shape index (κ2) is 7.06. The van der Waals surface area contributed by atoms with Crippen LogP contribution in [0, 0.1) is 12.5 Å². The number of aromatic nitrogens is 2. The van der Waals surface area contributed by atoms with Crippen LogP contribution < -0.4 is 4.74 Å². The van der Waals surface area contributed by atoms with Gasteiger partial charge in [0, 0.05) is 17.0 Å². The van der Waals surface area contributed by atoms with Gasteiger partial charge in [-0.25, -0.2) is 11.6 Å². The lowest BCUT2D eigenvalue weighted by molar-refractivity contribution is 0.250. The van der Waals surface area contributed by atoms with E-state index in [2.05, 4.69) is 45.2 Å². The number of para-hydroxylation sites is 1. The molecular formula is C22H25N5O. The van der Waals surface area contributed by atoms with Crippen LogP contribution in [0.1, 0.15) is 41.9 Å². The van der Waals surface area contributed by atoms with E-state index in [1.165, 1.54) is 5.56 Å². The average molecular weight is 375 g/mol. The number of nitrogens with zero attached hydrogens (tertiary/aromatic N) is 4. The van der Waals surface area contributed by atoms with Crippen LogP contribution in [0.3, 0.4) is 0 Å². The molecule has 144 valence electrons. The third kappa shape index (κ3) is 2.82. The molecule has 0 bridgehead atoms. The Hall–Kier alpha value is -2.65. The lowest BCUT2D eigenvalue weighted by atomic mass is 9.76. The average Bonchev–Trinajstić information content (AvgIpc) is 3.21. The summed E-state index contributed by atoms with van der Waals surface area (Å²) in [4.78, 5) is 11.4. The molecule has 1 aromatic heterocycles. The molecule has 1 N–H and O–H groups in total. The van der Waals surface area contributed by atoms with E-state index in [4.69, 9.17) is 16.3 Å². The highest BCUT2D eigenvalue weighted by Gasteiger charge is 2.45. The van der Waals surface area contributed by atoms with Crippen LogP contribution in [0.25, 0.3) is 4.85 Å². The SMILES string of the molecule is [C-]#[N+]C1C(C2CCN(C)CC2)=Nc2[nH]ncc2C1c1cccc2c1OCCC2. The highest BCUT2D eigenvalue weighted by molar-refractivity contribution is 5.98. The van der Waals surface area contributed by atoms with Gasteiger partial charge >= 0.3 is 0 Å². The largest absolute Gasteiger partial charge is 0.493 e. The minimum atomic E-state index is -0.296. The Labute approximate surface area is 165 Å². The van der Waals surface area contributed by atoms with E-state index < -0.39 is 0 Å². The Balaban J connectivity index is 1.61. The van der Waals surface area contributed by atoms with Gasteiger partial charge in [0.1, 0.15) is 11.5 Å². The Morgan fingerprint density at radius 1 is 1.25 bits per heavy atom. The van der Waals surface area contributed by atoms with Crippen molar-refractivity contribution in [2.75, 3.05) is 26.7 Å². The number of H-pyrrole nitrogens is 1. The number of likely N-dealkylation sites (tertiary alicyclic amines) is 1. The van der Waals surface area contributed by atoms with Gasteiger partial charge in [-0.2, -0.15) is 5.10 Å². The molecule has 2 unspecified atom stereocenters. The summed E-state index contributed by atoms with van der Waals surface area (Å²) in [5.74, 6) is 2.07. The molecule has 2 aromatic rings. The summed E-state index contributed by atoms with van der Waals surface area (Å²) in [6.07, 6.45) is 6.04. The van der Waals surface area contributed by atoms with Crippen molar-refractivity contribution in [2.45, 2.75) is 37.6 Å². The number of aromatic amines is 1. The summed E-state index contributed by atoms with van der Waals surface area (Å²) in [7, 11) is 2.16. The first-order valence-electron chi connectivity index (χ1n) is 10.2. The Bertz CT molecular complexity index is 948. The van der Waals surface area contributed by atoms with E-state index in [1.54, 1.807) is 0 Å². The maximum atomic E-state index is 8.06. The number of fused-ring (bicyclic) bond motifs is 2.